The van der Waals surface area contributed by atoms with Crippen LogP contribution in [0.5, 0.6) is 0 Å². The molecule has 0 saturated heterocycles. The molecule has 0 bridgehead atoms. The van der Waals surface area contributed by atoms with Crippen LogP contribution >= 0.6 is 39.3 Å². The standard InChI is InChI=1S/C14H9BrClN3OS/c1-8-7-20-14(19-8)9-3-2-4-10(13(9)16)21-12-6-17-11(15)5-18-12/h2-7H,1H3. The van der Waals surface area contributed by atoms with Crippen LogP contribution in [-0.2, 0) is 0 Å². The Kier molecular flexibility index (Phi) is 4.28. The summed E-state index contributed by atoms with van der Waals surface area (Å²) >= 11 is 11.2. The van der Waals surface area contributed by atoms with Crippen molar-refractivity contribution in [3.05, 3.63) is 52.2 Å². The SMILES string of the molecule is Cc1coc(-c2cccc(Sc3cnc(Br)cn3)c2Cl)n1. The van der Waals surface area contributed by atoms with Crippen molar-refractivity contribution in [1.82, 2.24) is 15.0 Å². The second-order valence-corrected chi connectivity index (χ2v) is 6.44. The molecule has 0 fully saturated rings. The number of hydrogen-bond acceptors (Lipinski definition) is 5. The van der Waals surface area contributed by atoms with E-state index in [2.05, 4.69) is 30.9 Å². The maximum atomic E-state index is 6.46. The van der Waals surface area contributed by atoms with Crippen LogP contribution in [0.2, 0.25) is 5.02 Å². The van der Waals surface area contributed by atoms with Crippen LogP contribution in [0.4, 0.5) is 0 Å². The summed E-state index contributed by atoms with van der Waals surface area (Å²) in [6.07, 6.45) is 4.94. The van der Waals surface area contributed by atoms with Crippen molar-refractivity contribution in [3.8, 4) is 11.5 Å². The number of aryl methyl sites for hydroxylation is 1. The summed E-state index contributed by atoms with van der Waals surface area (Å²) in [6, 6.07) is 5.72. The normalized spacial score (nSPS) is 10.8. The Balaban J connectivity index is 1.95. The molecule has 7 heteroatoms. The third-order valence-corrected chi connectivity index (χ3v) is 4.53. The number of nitrogens with zero attached hydrogens (tertiary/aromatic N) is 3. The van der Waals surface area contributed by atoms with Crippen molar-refractivity contribution in [3.63, 3.8) is 0 Å². The molecule has 0 N–H and O–H groups in total. The first kappa shape index (κ1) is 14.6. The highest BCUT2D eigenvalue weighted by Gasteiger charge is 2.13. The molecule has 21 heavy (non-hydrogen) atoms. The van der Waals surface area contributed by atoms with Gasteiger partial charge in [-0.15, -0.1) is 0 Å². The van der Waals surface area contributed by atoms with Gasteiger partial charge in [0.05, 0.1) is 28.7 Å². The summed E-state index contributed by atoms with van der Waals surface area (Å²) in [6.45, 7) is 1.87. The predicted molar refractivity (Wildman–Crippen MR) is 85.5 cm³/mol. The van der Waals surface area contributed by atoms with Gasteiger partial charge in [0.25, 0.3) is 0 Å². The number of aromatic nitrogens is 3. The average molecular weight is 383 g/mol. The fraction of sp³-hybridized carbons (Fsp3) is 0.0714. The van der Waals surface area contributed by atoms with Gasteiger partial charge in [0, 0.05) is 4.90 Å². The Morgan fingerprint density at radius 1 is 1.24 bits per heavy atom. The zero-order chi connectivity index (χ0) is 14.8. The number of hydrogen-bond donors (Lipinski definition) is 0. The van der Waals surface area contributed by atoms with Crippen LogP contribution in [0.25, 0.3) is 11.5 Å². The molecule has 0 aliphatic heterocycles. The van der Waals surface area contributed by atoms with Crippen LogP contribution in [0.15, 0.2) is 55.8 Å². The molecule has 106 valence electrons. The first-order valence-corrected chi connectivity index (χ1v) is 7.98. The van der Waals surface area contributed by atoms with Crippen LogP contribution in [-0.4, -0.2) is 15.0 Å². The Morgan fingerprint density at radius 3 is 2.76 bits per heavy atom. The second kappa shape index (κ2) is 6.17. The molecule has 2 aromatic heterocycles. The summed E-state index contributed by atoms with van der Waals surface area (Å²) in [5.41, 5.74) is 1.58. The van der Waals surface area contributed by atoms with E-state index in [0.717, 1.165) is 21.2 Å². The van der Waals surface area contributed by atoms with Crippen LogP contribution in [0.3, 0.4) is 0 Å². The molecule has 0 atom stereocenters. The van der Waals surface area contributed by atoms with Crippen LogP contribution in [0.1, 0.15) is 5.69 Å². The Labute approximate surface area is 139 Å². The molecule has 2 heterocycles. The lowest BCUT2D eigenvalue weighted by atomic mass is 10.2. The molecule has 3 rings (SSSR count). The molecular formula is C14H9BrClN3OS. The topological polar surface area (TPSA) is 51.8 Å². The Bertz CT molecular complexity index is 776. The lowest BCUT2D eigenvalue weighted by molar-refractivity contribution is 0.573. The van der Waals surface area contributed by atoms with Crippen molar-refractivity contribution in [2.45, 2.75) is 16.8 Å². The van der Waals surface area contributed by atoms with Gasteiger partial charge in [-0.25, -0.2) is 15.0 Å². The minimum atomic E-state index is 0.516. The number of rotatable bonds is 3. The van der Waals surface area contributed by atoms with E-state index >= 15 is 0 Å². The molecule has 4 nitrogen and oxygen atoms in total. The predicted octanol–water partition coefficient (Wildman–Crippen LogP) is 5.01. The quantitative estimate of drug-likeness (QED) is 0.637. The molecule has 0 amide bonds. The van der Waals surface area contributed by atoms with Crippen molar-refractivity contribution >= 4 is 39.3 Å². The van der Waals surface area contributed by atoms with Gasteiger partial charge in [-0.05, 0) is 35.0 Å². The summed E-state index contributed by atoms with van der Waals surface area (Å²) < 4.78 is 6.11. The van der Waals surface area contributed by atoms with Crippen molar-refractivity contribution in [1.29, 1.82) is 0 Å². The lowest BCUT2D eigenvalue weighted by Crippen LogP contribution is -1.86. The highest BCUT2D eigenvalue weighted by Crippen LogP contribution is 2.38. The third-order valence-electron chi connectivity index (χ3n) is 2.62. The first-order chi connectivity index (χ1) is 10.1. The van der Waals surface area contributed by atoms with Gasteiger partial charge in [0.15, 0.2) is 0 Å². The highest BCUT2D eigenvalue weighted by molar-refractivity contribution is 9.10. The Morgan fingerprint density at radius 2 is 2.10 bits per heavy atom. The summed E-state index contributed by atoms with van der Waals surface area (Å²) in [5.74, 6) is 0.516. The maximum Gasteiger partial charge on any atom is 0.227 e. The number of benzene rings is 1. The van der Waals surface area contributed by atoms with Crippen LogP contribution < -0.4 is 0 Å². The third kappa shape index (κ3) is 3.28. The van der Waals surface area contributed by atoms with Gasteiger partial charge in [-0.2, -0.15) is 0 Å². The van der Waals surface area contributed by atoms with E-state index in [0.29, 0.717) is 15.5 Å². The van der Waals surface area contributed by atoms with Crippen LogP contribution in [0, 0.1) is 6.92 Å². The van der Waals surface area contributed by atoms with Gasteiger partial charge in [0.2, 0.25) is 5.89 Å². The molecule has 0 radical (unpaired) electrons. The molecule has 0 unspecified atom stereocenters. The van der Waals surface area contributed by atoms with E-state index in [4.69, 9.17) is 16.0 Å². The van der Waals surface area contributed by atoms with Crippen molar-refractivity contribution < 1.29 is 4.42 Å². The highest BCUT2D eigenvalue weighted by atomic mass is 79.9. The minimum Gasteiger partial charge on any atom is -0.444 e. The molecule has 0 spiro atoms. The molecule has 1 aromatic carbocycles. The van der Waals surface area contributed by atoms with Gasteiger partial charge in [-0.1, -0.05) is 29.4 Å². The summed E-state index contributed by atoms with van der Waals surface area (Å²) in [7, 11) is 0. The summed E-state index contributed by atoms with van der Waals surface area (Å²) in [5, 5.41) is 1.36. The van der Waals surface area contributed by atoms with Crippen molar-refractivity contribution in [2.24, 2.45) is 0 Å². The zero-order valence-corrected chi connectivity index (χ0v) is 14.0. The van der Waals surface area contributed by atoms with Crippen molar-refractivity contribution in [2.75, 3.05) is 0 Å². The number of oxazole rings is 1. The fourth-order valence-corrected chi connectivity index (χ4v) is 3.01. The number of halogens is 2. The molecular weight excluding hydrogens is 374 g/mol. The minimum absolute atomic E-state index is 0.516. The molecule has 3 aromatic rings. The lowest BCUT2D eigenvalue weighted by Gasteiger charge is -2.06. The monoisotopic (exact) mass is 381 g/mol. The molecule has 0 saturated carbocycles. The first-order valence-electron chi connectivity index (χ1n) is 6.00. The molecule has 0 aliphatic carbocycles. The van der Waals surface area contributed by atoms with E-state index in [1.165, 1.54) is 11.8 Å². The van der Waals surface area contributed by atoms with E-state index in [1.54, 1.807) is 18.7 Å². The largest absolute Gasteiger partial charge is 0.444 e. The fourth-order valence-electron chi connectivity index (χ4n) is 1.70. The van der Waals surface area contributed by atoms with E-state index in [1.807, 2.05) is 25.1 Å². The van der Waals surface area contributed by atoms with E-state index in [-0.39, 0.29) is 0 Å². The smallest absolute Gasteiger partial charge is 0.227 e. The second-order valence-electron chi connectivity index (χ2n) is 4.19. The van der Waals surface area contributed by atoms with Gasteiger partial charge >= 0.3 is 0 Å². The van der Waals surface area contributed by atoms with E-state index < -0.39 is 0 Å². The van der Waals surface area contributed by atoms with Gasteiger partial charge in [0.1, 0.15) is 15.9 Å². The Hall–Kier alpha value is -1.37. The van der Waals surface area contributed by atoms with E-state index in [9.17, 15) is 0 Å². The summed E-state index contributed by atoms with van der Waals surface area (Å²) in [4.78, 5) is 13.6. The zero-order valence-electron chi connectivity index (χ0n) is 10.9. The average Bonchev–Trinajstić information content (AvgIpc) is 2.90. The van der Waals surface area contributed by atoms with Gasteiger partial charge in [-0.3, -0.25) is 0 Å². The molecule has 0 aliphatic rings. The maximum absolute atomic E-state index is 6.46. The van der Waals surface area contributed by atoms with Gasteiger partial charge < -0.3 is 4.42 Å².